The fourth-order valence-corrected chi connectivity index (χ4v) is 1.81. The molecule has 0 bridgehead atoms. The molecule has 0 aliphatic carbocycles. The minimum atomic E-state index is -0.353. The molecule has 0 aromatic heterocycles. The van der Waals surface area contributed by atoms with Gasteiger partial charge in [-0.2, -0.15) is 0 Å². The van der Waals surface area contributed by atoms with Gasteiger partial charge in [0.15, 0.2) is 0 Å². The third-order valence-corrected chi connectivity index (χ3v) is 2.83. The van der Waals surface area contributed by atoms with Gasteiger partial charge in [-0.1, -0.05) is 20.3 Å². The van der Waals surface area contributed by atoms with Gasteiger partial charge in [-0.25, -0.2) is 4.79 Å². The zero-order valence-corrected chi connectivity index (χ0v) is 11.9. The van der Waals surface area contributed by atoms with Crippen molar-refractivity contribution in [3.05, 3.63) is 23.8 Å². The minimum absolute atomic E-state index is 0.353. The van der Waals surface area contributed by atoms with Crippen molar-refractivity contribution < 1.29 is 14.3 Å². The molecule has 0 fully saturated rings. The summed E-state index contributed by atoms with van der Waals surface area (Å²) in [4.78, 5) is 11.6. The number of ether oxygens (including phenoxy) is 2. The number of esters is 1. The highest BCUT2D eigenvalue weighted by Gasteiger charge is 2.11. The molecule has 2 N–H and O–H groups in total. The molecule has 0 amide bonds. The lowest BCUT2D eigenvalue weighted by Gasteiger charge is -2.14. The van der Waals surface area contributed by atoms with Crippen LogP contribution in [0.2, 0.25) is 0 Å². The van der Waals surface area contributed by atoms with E-state index in [2.05, 4.69) is 13.8 Å². The monoisotopic (exact) mass is 265 g/mol. The summed E-state index contributed by atoms with van der Waals surface area (Å²) >= 11 is 0. The van der Waals surface area contributed by atoms with Crippen molar-refractivity contribution in [2.75, 3.05) is 18.9 Å². The van der Waals surface area contributed by atoms with Gasteiger partial charge in [-0.15, -0.1) is 0 Å². The molecule has 1 atom stereocenters. The van der Waals surface area contributed by atoms with Gasteiger partial charge in [-0.3, -0.25) is 0 Å². The fourth-order valence-electron chi connectivity index (χ4n) is 1.81. The summed E-state index contributed by atoms with van der Waals surface area (Å²) in [6.45, 7) is 7.01. The molecular formula is C15H23NO3. The van der Waals surface area contributed by atoms with Crippen molar-refractivity contribution in [1.29, 1.82) is 0 Å². The fraction of sp³-hybridized carbons (Fsp3) is 0.533. The first-order chi connectivity index (χ1) is 9.08. The first-order valence-electron chi connectivity index (χ1n) is 6.77. The number of rotatable bonds is 7. The highest BCUT2D eigenvalue weighted by molar-refractivity contribution is 5.90. The van der Waals surface area contributed by atoms with Crippen LogP contribution in [-0.2, 0) is 4.74 Å². The molecule has 0 heterocycles. The third-order valence-electron chi connectivity index (χ3n) is 2.83. The van der Waals surface area contributed by atoms with E-state index < -0.39 is 0 Å². The van der Waals surface area contributed by atoms with Gasteiger partial charge in [-0.05, 0) is 37.5 Å². The molecule has 4 heteroatoms. The van der Waals surface area contributed by atoms with Crippen LogP contribution in [-0.4, -0.2) is 19.2 Å². The summed E-state index contributed by atoms with van der Waals surface area (Å²) in [6.07, 6.45) is 2.24. The molecule has 0 radical (unpaired) electrons. The molecule has 1 aromatic rings. The van der Waals surface area contributed by atoms with Gasteiger partial charge in [0.05, 0.1) is 24.5 Å². The van der Waals surface area contributed by atoms with Gasteiger partial charge >= 0.3 is 5.97 Å². The smallest absolute Gasteiger partial charge is 0.338 e. The maximum atomic E-state index is 11.6. The summed E-state index contributed by atoms with van der Waals surface area (Å²) in [7, 11) is 0. The predicted octanol–water partition coefficient (Wildman–Crippen LogP) is 3.26. The minimum Gasteiger partial charge on any atom is -0.491 e. The Kier molecular flexibility index (Phi) is 6.19. The van der Waals surface area contributed by atoms with Crippen molar-refractivity contribution in [2.45, 2.75) is 33.6 Å². The topological polar surface area (TPSA) is 61.5 Å². The molecular weight excluding hydrogens is 242 g/mol. The number of benzene rings is 1. The van der Waals surface area contributed by atoms with E-state index in [0.29, 0.717) is 36.1 Å². The molecule has 1 rings (SSSR count). The number of carbonyl (C=O) groups is 1. The van der Waals surface area contributed by atoms with E-state index in [1.165, 1.54) is 0 Å². The van der Waals surface area contributed by atoms with E-state index in [1.54, 1.807) is 25.1 Å². The molecule has 0 aliphatic rings. The molecule has 0 saturated heterocycles. The van der Waals surface area contributed by atoms with E-state index >= 15 is 0 Å². The molecule has 1 unspecified atom stereocenters. The Morgan fingerprint density at radius 3 is 2.74 bits per heavy atom. The Hall–Kier alpha value is -1.71. The van der Waals surface area contributed by atoms with Crippen LogP contribution in [0, 0.1) is 5.92 Å². The second-order valence-electron chi connectivity index (χ2n) is 4.68. The highest BCUT2D eigenvalue weighted by Crippen LogP contribution is 2.24. The zero-order chi connectivity index (χ0) is 14.3. The normalized spacial score (nSPS) is 11.9. The maximum absolute atomic E-state index is 11.6. The van der Waals surface area contributed by atoms with Crippen LogP contribution in [0.1, 0.15) is 44.0 Å². The Morgan fingerprint density at radius 2 is 2.11 bits per heavy atom. The van der Waals surface area contributed by atoms with Gasteiger partial charge in [0.25, 0.3) is 0 Å². The third kappa shape index (κ3) is 4.81. The number of nitrogen functional groups attached to an aromatic ring is 1. The Labute approximate surface area is 114 Å². The van der Waals surface area contributed by atoms with Crippen LogP contribution in [0.5, 0.6) is 5.75 Å². The molecule has 19 heavy (non-hydrogen) atoms. The van der Waals surface area contributed by atoms with Crippen molar-refractivity contribution in [2.24, 2.45) is 5.92 Å². The van der Waals surface area contributed by atoms with Crippen molar-refractivity contribution in [1.82, 2.24) is 0 Å². The second-order valence-corrected chi connectivity index (χ2v) is 4.68. The molecule has 4 nitrogen and oxygen atoms in total. The van der Waals surface area contributed by atoms with E-state index in [4.69, 9.17) is 15.2 Å². The molecule has 0 saturated carbocycles. The summed E-state index contributed by atoms with van der Waals surface area (Å²) in [5.74, 6) is 0.665. The number of hydrogen-bond donors (Lipinski definition) is 1. The lowest BCUT2D eigenvalue weighted by Crippen LogP contribution is -2.10. The van der Waals surface area contributed by atoms with E-state index in [9.17, 15) is 4.79 Å². The maximum Gasteiger partial charge on any atom is 0.338 e. The number of hydrogen-bond acceptors (Lipinski definition) is 4. The summed E-state index contributed by atoms with van der Waals surface area (Å²) in [5, 5.41) is 0. The van der Waals surface area contributed by atoms with Crippen LogP contribution in [0.15, 0.2) is 18.2 Å². The molecule has 106 valence electrons. The van der Waals surface area contributed by atoms with Crippen molar-refractivity contribution >= 4 is 11.7 Å². The van der Waals surface area contributed by atoms with E-state index in [-0.39, 0.29) is 5.97 Å². The largest absolute Gasteiger partial charge is 0.491 e. The molecule has 0 spiro atoms. The molecule has 0 aliphatic heterocycles. The summed E-state index contributed by atoms with van der Waals surface area (Å²) < 4.78 is 10.6. The zero-order valence-electron chi connectivity index (χ0n) is 11.9. The van der Waals surface area contributed by atoms with Crippen LogP contribution in [0.25, 0.3) is 0 Å². The number of anilines is 1. The molecule has 1 aromatic carbocycles. The summed E-state index contributed by atoms with van der Waals surface area (Å²) in [6, 6.07) is 4.97. The SMILES string of the molecule is CCCC(C)COc1cc(C(=O)OCC)ccc1N. The lowest BCUT2D eigenvalue weighted by molar-refractivity contribution is 0.0526. The van der Waals surface area contributed by atoms with Gasteiger partial charge in [0.2, 0.25) is 0 Å². The average molecular weight is 265 g/mol. The van der Waals surface area contributed by atoms with E-state index in [0.717, 1.165) is 12.8 Å². The first-order valence-corrected chi connectivity index (χ1v) is 6.77. The standard InChI is InChI=1S/C15H23NO3/c1-4-6-11(3)10-19-14-9-12(7-8-13(14)16)15(17)18-5-2/h7-9,11H,4-6,10,16H2,1-3H3. The number of nitrogens with two attached hydrogens (primary N) is 1. The van der Waals surface area contributed by atoms with Crippen LogP contribution in [0.4, 0.5) is 5.69 Å². The second kappa shape index (κ2) is 7.67. The quantitative estimate of drug-likeness (QED) is 0.607. The van der Waals surface area contributed by atoms with Crippen LogP contribution in [0.3, 0.4) is 0 Å². The van der Waals surface area contributed by atoms with E-state index in [1.807, 2.05) is 0 Å². The van der Waals surface area contributed by atoms with Crippen molar-refractivity contribution in [3.8, 4) is 5.75 Å². The summed E-state index contributed by atoms with van der Waals surface area (Å²) in [5.41, 5.74) is 6.85. The Morgan fingerprint density at radius 1 is 1.37 bits per heavy atom. The first kappa shape index (κ1) is 15.3. The van der Waals surface area contributed by atoms with Crippen LogP contribution >= 0.6 is 0 Å². The Bertz CT molecular complexity index is 418. The van der Waals surface area contributed by atoms with Crippen LogP contribution < -0.4 is 10.5 Å². The van der Waals surface area contributed by atoms with Gasteiger partial charge < -0.3 is 15.2 Å². The Balaban J connectivity index is 2.71. The highest BCUT2D eigenvalue weighted by atomic mass is 16.5. The predicted molar refractivity (Wildman–Crippen MR) is 76.4 cm³/mol. The lowest BCUT2D eigenvalue weighted by atomic mass is 10.1. The average Bonchev–Trinajstić information content (AvgIpc) is 2.38. The van der Waals surface area contributed by atoms with Crippen molar-refractivity contribution in [3.63, 3.8) is 0 Å². The van der Waals surface area contributed by atoms with Gasteiger partial charge in [0, 0.05) is 0 Å². The number of carbonyl (C=O) groups excluding carboxylic acids is 1. The van der Waals surface area contributed by atoms with Gasteiger partial charge in [0.1, 0.15) is 5.75 Å².